The van der Waals surface area contributed by atoms with Crippen LogP contribution in [0.15, 0.2) is 0 Å². The first kappa shape index (κ1) is 28.5. The molecule has 0 aromatic carbocycles. The van der Waals surface area contributed by atoms with Crippen molar-refractivity contribution in [1.82, 2.24) is 0 Å². The molecule has 26 heavy (non-hydrogen) atoms. The van der Waals surface area contributed by atoms with E-state index in [1.807, 2.05) is 0 Å². The number of hydrogen-bond donors (Lipinski definition) is 3. The third kappa shape index (κ3) is 11.2. The third-order valence-electron chi connectivity index (χ3n) is 4.50. The fourth-order valence-corrected chi connectivity index (χ4v) is 2.97. The van der Waals surface area contributed by atoms with E-state index in [0.717, 1.165) is 19.3 Å². The zero-order chi connectivity index (χ0) is 17.8. The Morgan fingerprint density at radius 1 is 1.08 bits per heavy atom. The second-order valence-corrected chi connectivity index (χ2v) is 6.65. The van der Waals surface area contributed by atoms with E-state index >= 15 is 0 Å². The van der Waals surface area contributed by atoms with Gasteiger partial charge in [-0.05, 0) is 6.42 Å². The summed E-state index contributed by atoms with van der Waals surface area (Å²) in [4.78, 5) is 11.8. The van der Waals surface area contributed by atoms with E-state index in [0.29, 0.717) is 6.42 Å². The predicted octanol–water partition coefficient (Wildman–Crippen LogP) is -0.347. The van der Waals surface area contributed by atoms with Crippen molar-refractivity contribution < 1.29 is 59.1 Å². The summed E-state index contributed by atoms with van der Waals surface area (Å²) < 4.78 is 10.4. The van der Waals surface area contributed by atoms with Crippen molar-refractivity contribution in [3.8, 4) is 0 Å². The normalized spacial score (nSPS) is 23.0. The van der Waals surface area contributed by atoms with Gasteiger partial charge in [0, 0.05) is 6.42 Å². The summed E-state index contributed by atoms with van der Waals surface area (Å²) in [5.41, 5.74) is 0. The van der Waals surface area contributed by atoms with Gasteiger partial charge in [0.1, 0.15) is 18.3 Å². The molecule has 0 spiro atoms. The zero-order valence-electron chi connectivity index (χ0n) is 16.4. The maximum absolute atomic E-state index is 11.8. The molecule has 0 amide bonds. The molecule has 0 aliphatic carbocycles. The minimum atomic E-state index is -1.14. The number of carbonyl (C=O) groups excluding carboxylic acids is 1. The molecule has 0 aromatic heterocycles. The summed E-state index contributed by atoms with van der Waals surface area (Å²) in [6.07, 6.45) is 6.91. The number of unbranched alkanes of at least 4 members (excludes halogenated alkanes) is 8. The Kier molecular flexibility index (Phi) is 19.0. The first-order chi connectivity index (χ1) is 11.6. The minimum Gasteiger partial charge on any atom is -0.693 e. The van der Waals surface area contributed by atoms with Crippen molar-refractivity contribution in [3.63, 3.8) is 0 Å². The van der Waals surface area contributed by atoms with Crippen LogP contribution in [0.5, 0.6) is 0 Å². The average molecular weight is 385 g/mol. The molecule has 1 fully saturated rings. The maximum atomic E-state index is 11.8. The Balaban J connectivity index is 0. The molecule has 4 atom stereocenters. The SMILES string of the molecule is CCCCCCCCCCCC(=O)O[C@H](CO)[C@H]1OC[C@H](O)[C@H]1O.[NH2-].[Na+]. The summed E-state index contributed by atoms with van der Waals surface area (Å²) in [5, 5.41) is 28.5. The van der Waals surface area contributed by atoms with E-state index in [2.05, 4.69) is 6.92 Å². The summed E-state index contributed by atoms with van der Waals surface area (Å²) in [7, 11) is 0. The molecule has 0 unspecified atom stereocenters. The fraction of sp³-hybridized carbons (Fsp3) is 0.944. The fourth-order valence-electron chi connectivity index (χ4n) is 2.97. The van der Waals surface area contributed by atoms with Crippen molar-refractivity contribution in [2.24, 2.45) is 0 Å². The molecular weight excluding hydrogens is 349 g/mol. The van der Waals surface area contributed by atoms with Crippen LogP contribution in [0.25, 0.3) is 6.15 Å². The van der Waals surface area contributed by atoms with Crippen LogP contribution in [0, 0.1) is 0 Å². The average Bonchev–Trinajstić information content (AvgIpc) is 2.90. The van der Waals surface area contributed by atoms with Gasteiger partial charge in [-0.3, -0.25) is 4.79 Å². The first-order valence-electron chi connectivity index (χ1n) is 9.38. The summed E-state index contributed by atoms with van der Waals surface area (Å²) in [6, 6.07) is 0. The van der Waals surface area contributed by atoms with E-state index in [4.69, 9.17) is 9.47 Å². The molecule has 1 rings (SSSR count). The van der Waals surface area contributed by atoms with E-state index in [1.54, 1.807) is 0 Å². The van der Waals surface area contributed by atoms with Gasteiger partial charge in [0.05, 0.1) is 13.2 Å². The molecule has 1 aliphatic heterocycles. The maximum Gasteiger partial charge on any atom is 1.00 e. The number of rotatable bonds is 13. The van der Waals surface area contributed by atoms with Gasteiger partial charge >= 0.3 is 35.5 Å². The quantitative estimate of drug-likeness (QED) is 0.226. The van der Waals surface area contributed by atoms with E-state index < -0.39 is 37.0 Å². The molecule has 150 valence electrons. The molecule has 0 saturated carbocycles. The smallest absolute Gasteiger partial charge is 0.693 e. The Morgan fingerprint density at radius 3 is 2.08 bits per heavy atom. The van der Waals surface area contributed by atoms with Crippen molar-refractivity contribution >= 4 is 5.97 Å². The monoisotopic (exact) mass is 385 g/mol. The molecule has 8 heteroatoms. The third-order valence-corrected chi connectivity index (χ3v) is 4.50. The zero-order valence-corrected chi connectivity index (χ0v) is 18.4. The van der Waals surface area contributed by atoms with Gasteiger partial charge in [-0.1, -0.05) is 58.3 Å². The van der Waals surface area contributed by atoms with E-state index in [9.17, 15) is 20.1 Å². The Labute approximate surface area is 179 Å². The number of esters is 1. The molecule has 1 saturated heterocycles. The van der Waals surface area contributed by atoms with E-state index in [1.165, 1.54) is 38.5 Å². The second kappa shape index (κ2) is 17.4. The molecule has 1 heterocycles. The van der Waals surface area contributed by atoms with Gasteiger partial charge in [-0.15, -0.1) is 0 Å². The molecule has 0 radical (unpaired) electrons. The number of carbonyl (C=O) groups is 1. The van der Waals surface area contributed by atoms with Gasteiger partial charge in [0.25, 0.3) is 0 Å². The van der Waals surface area contributed by atoms with E-state index in [-0.39, 0.29) is 42.3 Å². The van der Waals surface area contributed by atoms with Crippen LogP contribution >= 0.6 is 0 Å². The van der Waals surface area contributed by atoms with Crippen LogP contribution in [-0.4, -0.2) is 58.9 Å². The molecule has 0 aromatic rings. The van der Waals surface area contributed by atoms with Crippen LogP contribution < -0.4 is 29.6 Å². The molecule has 5 N–H and O–H groups in total. The van der Waals surface area contributed by atoms with Gasteiger partial charge in [0.2, 0.25) is 0 Å². The number of aliphatic hydroxyl groups excluding tert-OH is 3. The molecular formula is C18H36NNaO6. The number of ether oxygens (including phenoxy) is 2. The van der Waals surface area contributed by atoms with Crippen LogP contribution in [0.1, 0.15) is 71.1 Å². The molecule has 0 bridgehead atoms. The van der Waals surface area contributed by atoms with Crippen molar-refractivity contribution in [2.45, 2.75) is 95.5 Å². The van der Waals surface area contributed by atoms with Crippen LogP contribution in [0.3, 0.4) is 0 Å². The standard InChI is InChI=1S/C18H34O6.H2N.Na/c1-2-3-4-5-6-7-8-9-10-11-16(21)24-15(12-19)18-17(22)14(20)13-23-18;;/h14-15,17-20,22H,2-13H2,1H3;1H2;/q;-1;+1/t14-,15+,17+,18+;;/m0../s1. The van der Waals surface area contributed by atoms with Gasteiger partial charge in [0.15, 0.2) is 6.10 Å². The van der Waals surface area contributed by atoms with Gasteiger partial charge < -0.3 is 30.9 Å². The topological polar surface area (TPSA) is 130 Å². The predicted molar refractivity (Wildman–Crippen MR) is 95.8 cm³/mol. The van der Waals surface area contributed by atoms with Gasteiger partial charge in [-0.25, -0.2) is 0 Å². The number of nitrogens with two attached hydrogens (primary N) is 1. The summed E-state index contributed by atoms with van der Waals surface area (Å²) >= 11 is 0. The van der Waals surface area contributed by atoms with Gasteiger partial charge in [-0.2, -0.15) is 0 Å². The first-order valence-corrected chi connectivity index (χ1v) is 9.38. The van der Waals surface area contributed by atoms with Crippen LogP contribution in [-0.2, 0) is 14.3 Å². The Bertz CT molecular complexity index is 348. The minimum absolute atomic E-state index is 0. The number of hydrogen-bond acceptors (Lipinski definition) is 6. The van der Waals surface area contributed by atoms with Crippen molar-refractivity contribution in [1.29, 1.82) is 0 Å². The summed E-state index contributed by atoms with van der Waals surface area (Å²) in [5.74, 6) is -0.394. The van der Waals surface area contributed by atoms with Crippen LogP contribution in [0.4, 0.5) is 0 Å². The van der Waals surface area contributed by atoms with Crippen molar-refractivity contribution in [3.05, 3.63) is 6.15 Å². The molecule has 7 nitrogen and oxygen atoms in total. The largest absolute Gasteiger partial charge is 1.00 e. The van der Waals surface area contributed by atoms with Crippen LogP contribution in [0.2, 0.25) is 0 Å². The second-order valence-electron chi connectivity index (χ2n) is 6.65. The Morgan fingerprint density at radius 2 is 1.62 bits per heavy atom. The van der Waals surface area contributed by atoms with Crippen molar-refractivity contribution in [2.75, 3.05) is 13.2 Å². The Hall–Kier alpha value is 0.270. The number of aliphatic hydroxyl groups is 3. The summed E-state index contributed by atoms with van der Waals surface area (Å²) in [6.45, 7) is 1.76. The molecule has 1 aliphatic rings.